The fourth-order valence-electron chi connectivity index (χ4n) is 2.80. The molecule has 1 aliphatic heterocycles. The van der Waals surface area contributed by atoms with Crippen LogP contribution in [-0.4, -0.2) is 31.0 Å². The first-order valence-corrected chi connectivity index (χ1v) is 10.4. The number of aromatic nitrogens is 1. The minimum Gasteiger partial charge on any atom is -0.492 e. The molecule has 2 heterocycles. The van der Waals surface area contributed by atoms with Gasteiger partial charge in [0, 0.05) is 23.7 Å². The van der Waals surface area contributed by atoms with Gasteiger partial charge in [0.25, 0.3) is 0 Å². The fourth-order valence-corrected chi connectivity index (χ4v) is 3.61. The predicted octanol–water partition coefficient (Wildman–Crippen LogP) is 4.30. The Morgan fingerprint density at radius 1 is 1.07 bits per heavy atom. The summed E-state index contributed by atoms with van der Waals surface area (Å²) in [7, 11) is 0. The molecular formula is C22H21N3O4S. The summed E-state index contributed by atoms with van der Waals surface area (Å²) in [5, 5.41) is 6.60. The van der Waals surface area contributed by atoms with E-state index in [0.717, 1.165) is 22.0 Å². The maximum Gasteiger partial charge on any atom is 0.319 e. The van der Waals surface area contributed by atoms with Gasteiger partial charge in [-0.3, -0.25) is 0 Å². The van der Waals surface area contributed by atoms with E-state index in [1.54, 1.807) is 30.1 Å². The van der Waals surface area contributed by atoms with Crippen LogP contribution in [0.5, 0.6) is 17.2 Å². The first-order chi connectivity index (χ1) is 14.8. The summed E-state index contributed by atoms with van der Waals surface area (Å²) in [5.74, 6) is 2.82. The minimum absolute atomic E-state index is 0.226. The van der Waals surface area contributed by atoms with E-state index < -0.39 is 0 Å². The van der Waals surface area contributed by atoms with E-state index >= 15 is 0 Å². The number of carbonyl (C=O) groups is 1. The molecule has 0 radical (unpaired) electrons. The molecule has 0 aliphatic carbocycles. The van der Waals surface area contributed by atoms with Crippen LogP contribution in [0.2, 0.25) is 0 Å². The van der Waals surface area contributed by atoms with Crippen LogP contribution in [0.15, 0.2) is 71.9 Å². The number of carbonyl (C=O) groups excluding carboxylic acids is 1. The van der Waals surface area contributed by atoms with E-state index in [1.165, 1.54) is 0 Å². The molecule has 154 valence electrons. The van der Waals surface area contributed by atoms with Crippen molar-refractivity contribution in [1.82, 2.24) is 10.3 Å². The number of rotatable bonds is 8. The molecule has 7 nitrogen and oxygen atoms in total. The molecule has 3 aromatic rings. The third-order valence-corrected chi connectivity index (χ3v) is 5.22. The van der Waals surface area contributed by atoms with Crippen LogP contribution in [0.25, 0.3) is 0 Å². The highest BCUT2D eigenvalue weighted by Crippen LogP contribution is 2.35. The number of benzene rings is 2. The summed E-state index contributed by atoms with van der Waals surface area (Å²) in [4.78, 5) is 16.4. The maximum atomic E-state index is 12.1. The number of pyridine rings is 1. The van der Waals surface area contributed by atoms with Gasteiger partial charge in [-0.05, 0) is 42.0 Å². The van der Waals surface area contributed by atoms with E-state index in [4.69, 9.17) is 14.2 Å². The van der Waals surface area contributed by atoms with Gasteiger partial charge in [-0.25, -0.2) is 9.78 Å². The Kier molecular flexibility index (Phi) is 6.56. The Morgan fingerprint density at radius 3 is 2.90 bits per heavy atom. The van der Waals surface area contributed by atoms with Crippen LogP contribution in [0.3, 0.4) is 0 Å². The Balaban J connectivity index is 1.19. The van der Waals surface area contributed by atoms with Crippen molar-refractivity contribution in [2.45, 2.75) is 10.8 Å². The smallest absolute Gasteiger partial charge is 0.319 e. The first-order valence-electron chi connectivity index (χ1n) is 9.46. The van der Waals surface area contributed by atoms with Crippen molar-refractivity contribution in [3.8, 4) is 17.2 Å². The van der Waals surface area contributed by atoms with Gasteiger partial charge in [-0.2, -0.15) is 0 Å². The molecule has 0 unspecified atom stereocenters. The number of hydrogen-bond donors (Lipinski definition) is 2. The fraction of sp³-hybridized carbons (Fsp3) is 0.182. The lowest BCUT2D eigenvalue weighted by Gasteiger charge is -2.10. The van der Waals surface area contributed by atoms with Crippen molar-refractivity contribution in [1.29, 1.82) is 0 Å². The van der Waals surface area contributed by atoms with Crippen LogP contribution in [0.1, 0.15) is 5.56 Å². The normalized spacial score (nSPS) is 11.7. The van der Waals surface area contributed by atoms with Gasteiger partial charge in [0.05, 0.1) is 11.6 Å². The number of fused-ring (bicyclic) bond motifs is 1. The predicted molar refractivity (Wildman–Crippen MR) is 115 cm³/mol. The molecule has 0 spiro atoms. The second-order valence-corrected chi connectivity index (χ2v) is 7.40. The Hall–Kier alpha value is -3.39. The van der Waals surface area contributed by atoms with Gasteiger partial charge in [0.2, 0.25) is 6.79 Å². The number of urea groups is 1. The molecular weight excluding hydrogens is 402 g/mol. The number of nitrogens with one attached hydrogen (secondary N) is 2. The largest absolute Gasteiger partial charge is 0.492 e. The summed E-state index contributed by atoms with van der Waals surface area (Å²) in [6, 6.07) is 18.7. The Bertz CT molecular complexity index is 1000. The molecule has 30 heavy (non-hydrogen) atoms. The van der Waals surface area contributed by atoms with Gasteiger partial charge >= 0.3 is 6.03 Å². The summed E-state index contributed by atoms with van der Waals surface area (Å²) in [5.41, 5.74) is 1.85. The molecule has 0 fully saturated rings. The number of nitrogens with zero attached hydrogens (tertiary/aromatic N) is 1. The number of hydrogen-bond acceptors (Lipinski definition) is 6. The number of ether oxygens (including phenoxy) is 3. The topological polar surface area (TPSA) is 81.7 Å². The van der Waals surface area contributed by atoms with Crippen molar-refractivity contribution < 1.29 is 19.0 Å². The molecule has 1 aliphatic rings. The Morgan fingerprint density at radius 2 is 2.00 bits per heavy atom. The third-order valence-electron chi connectivity index (χ3n) is 4.21. The van der Waals surface area contributed by atoms with Gasteiger partial charge in [0.15, 0.2) is 11.5 Å². The molecule has 0 atom stereocenters. The maximum absolute atomic E-state index is 12.1. The van der Waals surface area contributed by atoms with Crippen LogP contribution in [0.4, 0.5) is 10.5 Å². The van der Waals surface area contributed by atoms with E-state index in [0.29, 0.717) is 30.4 Å². The zero-order valence-electron chi connectivity index (χ0n) is 16.2. The number of amides is 2. The molecule has 8 heteroatoms. The molecule has 0 saturated heterocycles. The van der Waals surface area contributed by atoms with Crippen LogP contribution in [0, 0.1) is 0 Å². The first kappa shape index (κ1) is 19.9. The van der Waals surface area contributed by atoms with E-state index in [2.05, 4.69) is 15.6 Å². The zero-order valence-corrected chi connectivity index (χ0v) is 17.0. The van der Waals surface area contributed by atoms with Crippen LogP contribution in [-0.2, 0) is 5.75 Å². The lowest BCUT2D eigenvalue weighted by atomic mass is 10.2. The molecule has 2 aromatic carbocycles. The average Bonchev–Trinajstić information content (AvgIpc) is 3.24. The molecule has 1 aromatic heterocycles. The summed E-state index contributed by atoms with van der Waals surface area (Å²) < 4.78 is 16.2. The highest BCUT2D eigenvalue weighted by molar-refractivity contribution is 7.98. The van der Waals surface area contributed by atoms with Gasteiger partial charge in [0.1, 0.15) is 12.4 Å². The number of anilines is 1. The van der Waals surface area contributed by atoms with Crippen molar-refractivity contribution in [3.63, 3.8) is 0 Å². The monoisotopic (exact) mass is 423 g/mol. The van der Waals surface area contributed by atoms with Crippen molar-refractivity contribution in [2.24, 2.45) is 0 Å². The van der Waals surface area contributed by atoms with E-state index in [-0.39, 0.29) is 12.8 Å². The van der Waals surface area contributed by atoms with Crippen molar-refractivity contribution in [3.05, 3.63) is 72.4 Å². The quantitative estimate of drug-likeness (QED) is 0.415. The Labute approximate surface area is 178 Å². The van der Waals surface area contributed by atoms with Gasteiger partial charge in [-0.1, -0.05) is 18.2 Å². The van der Waals surface area contributed by atoms with Gasteiger partial charge in [-0.15, -0.1) is 11.8 Å². The third kappa shape index (κ3) is 5.57. The lowest BCUT2D eigenvalue weighted by molar-refractivity contribution is 0.173. The van der Waals surface area contributed by atoms with Crippen LogP contribution < -0.4 is 24.8 Å². The van der Waals surface area contributed by atoms with E-state index in [1.807, 2.05) is 48.5 Å². The molecule has 2 amide bonds. The summed E-state index contributed by atoms with van der Waals surface area (Å²) >= 11 is 1.65. The molecule has 0 saturated carbocycles. The van der Waals surface area contributed by atoms with E-state index in [9.17, 15) is 4.79 Å². The highest BCUT2D eigenvalue weighted by Gasteiger charge is 2.13. The summed E-state index contributed by atoms with van der Waals surface area (Å²) in [6.45, 7) is 0.937. The second kappa shape index (κ2) is 9.89. The average molecular weight is 423 g/mol. The summed E-state index contributed by atoms with van der Waals surface area (Å²) in [6.07, 6.45) is 1.78. The van der Waals surface area contributed by atoms with Crippen molar-refractivity contribution in [2.75, 3.05) is 25.3 Å². The van der Waals surface area contributed by atoms with Crippen LogP contribution >= 0.6 is 11.8 Å². The standard InChI is InChI=1S/C22H21N3O4S/c26-22(24-10-11-27-18-7-8-19-20(13-18)29-15-28-19)25-17-5-3-4-16(12-17)14-30-21-6-1-2-9-23-21/h1-9,12-13H,10-11,14-15H2,(H2,24,25,26). The second-order valence-electron chi connectivity index (χ2n) is 6.40. The van der Waals surface area contributed by atoms with Crippen molar-refractivity contribution >= 4 is 23.5 Å². The highest BCUT2D eigenvalue weighted by atomic mass is 32.2. The molecule has 4 rings (SSSR count). The SMILES string of the molecule is O=C(NCCOc1ccc2c(c1)OCO2)Nc1cccc(CSc2ccccn2)c1. The lowest BCUT2D eigenvalue weighted by Crippen LogP contribution is -2.32. The minimum atomic E-state index is -0.279. The zero-order chi connectivity index (χ0) is 20.6. The van der Waals surface area contributed by atoms with Gasteiger partial charge < -0.3 is 24.8 Å². The molecule has 2 N–H and O–H groups in total. The number of thioether (sulfide) groups is 1. The molecule has 0 bridgehead atoms.